The number of nitrogens with one attached hydrogen (secondary N) is 1. The summed E-state index contributed by atoms with van der Waals surface area (Å²) in [6.45, 7) is 3.92. The monoisotopic (exact) mass is 288 g/mol. The molecule has 0 bridgehead atoms. The highest BCUT2D eigenvalue weighted by molar-refractivity contribution is 5.76. The van der Waals surface area contributed by atoms with Crippen molar-refractivity contribution in [3.8, 4) is 0 Å². The maximum atomic E-state index is 12.3. The summed E-state index contributed by atoms with van der Waals surface area (Å²) in [7, 11) is 1.97. The lowest BCUT2D eigenvalue weighted by Crippen LogP contribution is -2.37. The Morgan fingerprint density at radius 1 is 1.29 bits per heavy atom. The first-order valence-corrected chi connectivity index (χ1v) is 8.24. The van der Waals surface area contributed by atoms with E-state index in [1.807, 2.05) is 13.1 Å². The SMILES string of the molecule is CCCC1CCC(=O)N(CC(NC)c2ccccc2)CC1. The Hall–Kier alpha value is -1.35. The summed E-state index contributed by atoms with van der Waals surface area (Å²) in [5, 5.41) is 3.35. The van der Waals surface area contributed by atoms with E-state index >= 15 is 0 Å². The first-order chi connectivity index (χ1) is 10.2. The fraction of sp³-hybridized carbons (Fsp3) is 0.611. The third-order valence-electron chi connectivity index (χ3n) is 4.58. The molecule has 21 heavy (non-hydrogen) atoms. The van der Waals surface area contributed by atoms with Gasteiger partial charge in [0, 0.05) is 25.6 Å². The highest BCUT2D eigenvalue weighted by Crippen LogP contribution is 2.24. The summed E-state index contributed by atoms with van der Waals surface area (Å²) in [6, 6.07) is 10.6. The highest BCUT2D eigenvalue weighted by atomic mass is 16.2. The summed E-state index contributed by atoms with van der Waals surface area (Å²) in [5.74, 6) is 1.05. The van der Waals surface area contributed by atoms with Gasteiger partial charge in [-0.25, -0.2) is 0 Å². The van der Waals surface area contributed by atoms with Gasteiger partial charge in [0.2, 0.25) is 5.91 Å². The van der Waals surface area contributed by atoms with Gasteiger partial charge in [0.25, 0.3) is 0 Å². The summed E-state index contributed by atoms with van der Waals surface area (Å²) >= 11 is 0. The van der Waals surface area contributed by atoms with Gasteiger partial charge in [-0.1, -0.05) is 50.1 Å². The molecule has 3 heteroatoms. The molecule has 2 atom stereocenters. The number of hydrogen-bond acceptors (Lipinski definition) is 2. The second-order valence-electron chi connectivity index (χ2n) is 6.07. The van der Waals surface area contributed by atoms with Crippen molar-refractivity contribution < 1.29 is 4.79 Å². The fourth-order valence-corrected chi connectivity index (χ4v) is 3.25. The smallest absolute Gasteiger partial charge is 0.222 e. The van der Waals surface area contributed by atoms with Crippen molar-refractivity contribution in [2.45, 2.75) is 45.1 Å². The minimum absolute atomic E-state index is 0.220. The molecule has 1 saturated heterocycles. The molecule has 116 valence electrons. The molecule has 1 amide bonds. The molecule has 1 N–H and O–H groups in total. The molecule has 0 saturated carbocycles. The van der Waals surface area contributed by atoms with E-state index in [4.69, 9.17) is 0 Å². The van der Waals surface area contributed by atoms with Gasteiger partial charge in [0.15, 0.2) is 0 Å². The van der Waals surface area contributed by atoms with Crippen LogP contribution < -0.4 is 5.32 Å². The number of carbonyl (C=O) groups is 1. The summed E-state index contributed by atoms with van der Waals surface area (Å²) in [4.78, 5) is 14.4. The number of nitrogens with zero attached hydrogens (tertiary/aromatic N) is 1. The lowest BCUT2D eigenvalue weighted by Gasteiger charge is -2.27. The molecule has 2 rings (SSSR count). The Morgan fingerprint density at radius 3 is 2.71 bits per heavy atom. The second-order valence-corrected chi connectivity index (χ2v) is 6.07. The maximum Gasteiger partial charge on any atom is 0.222 e. The molecule has 1 aliphatic heterocycles. The predicted octanol–water partition coefficient (Wildman–Crippen LogP) is 3.38. The van der Waals surface area contributed by atoms with Crippen LogP contribution in [0.3, 0.4) is 0 Å². The lowest BCUT2D eigenvalue weighted by atomic mass is 9.96. The lowest BCUT2D eigenvalue weighted by molar-refractivity contribution is -0.131. The number of carbonyl (C=O) groups excluding carboxylic acids is 1. The van der Waals surface area contributed by atoms with E-state index in [0.717, 1.165) is 38.3 Å². The van der Waals surface area contributed by atoms with Crippen LogP contribution in [0.2, 0.25) is 0 Å². The fourth-order valence-electron chi connectivity index (χ4n) is 3.25. The van der Waals surface area contributed by atoms with Gasteiger partial charge < -0.3 is 10.2 Å². The van der Waals surface area contributed by atoms with Crippen molar-refractivity contribution in [3.05, 3.63) is 35.9 Å². The molecule has 2 unspecified atom stereocenters. The Balaban J connectivity index is 1.98. The van der Waals surface area contributed by atoms with Gasteiger partial charge in [0.05, 0.1) is 0 Å². The third-order valence-corrected chi connectivity index (χ3v) is 4.58. The van der Waals surface area contributed by atoms with Crippen LogP contribution in [0.4, 0.5) is 0 Å². The molecule has 1 heterocycles. The van der Waals surface area contributed by atoms with E-state index in [1.54, 1.807) is 0 Å². The van der Waals surface area contributed by atoms with Gasteiger partial charge in [-0.05, 0) is 31.4 Å². The molecular formula is C18H28N2O. The van der Waals surface area contributed by atoms with Crippen molar-refractivity contribution in [1.29, 1.82) is 0 Å². The highest BCUT2D eigenvalue weighted by Gasteiger charge is 2.24. The molecule has 0 aromatic heterocycles. The van der Waals surface area contributed by atoms with Crippen molar-refractivity contribution in [2.24, 2.45) is 5.92 Å². The van der Waals surface area contributed by atoms with Crippen molar-refractivity contribution >= 4 is 5.91 Å². The van der Waals surface area contributed by atoms with E-state index in [-0.39, 0.29) is 6.04 Å². The zero-order valence-electron chi connectivity index (χ0n) is 13.3. The minimum Gasteiger partial charge on any atom is -0.341 e. The molecule has 3 nitrogen and oxygen atoms in total. The molecule has 0 radical (unpaired) electrons. The van der Waals surface area contributed by atoms with Crippen molar-refractivity contribution in [3.63, 3.8) is 0 Å². The summed E-state index contributed by atoms with van der Waals surface area (Å²) in [5.41, 5.74) is 1.25. The maximum absolute atomic E-state index is 12.3. The minimum atomic E-state index is 0.220. The van der Waals surface area contributed by atoms with Crippen LogP contribution in [0.25, 0.3) is 0 Å². The first kappa shape index (κ1) is 16.0. The predicted molar refractivity (Wildman–Crippen MR) is 87.1 cm³/mol. The van der Waals surface area contributed by atoms with Gasteiger partial charge >= 0.3 is 0 Å². The summed E-state index contributed by atoms with van der Waals surface area (Å²) < 4.78 is 0. The molecule has 0 aliphatic carbocycles. The number of rotatable bonds is 6. The molecule has 1 fully saturated rings. The molecular weight excluding hydrogens is 260 g/mol. The standard InChI is InChI=1S/C18H28N2O/c1-3-7-15-10-11-18(21)20(13-12-15)14-17(19-2)16-8-5-4-6-9-16/h4-6,8-9,15,17,19H,3,7,10-14H2,1-2H3. The van der Waals surface area contributed by atoms with Crippen LogP contribution in [0.15, 0.2) is 30.3 Å². The number of likely N-dealkylation sites (N-methyl/N-ethyl adjacent to an activating group) is 1. The van der Waals surface area contributed by atoms with Gasteiger partial charge in [0.1, 0.15) is 0 Å². The largest absolute Gasteiger partial charge is 0.341 e. The molecule has 1 aromatic carbocycles. The van der Waals surface area contributed by atoms with Gasteiger partial charge in [-0.2, -0.15) is 0 Å². The normalized spacial score (nSPS) is 21.1. The van der Waals surface area contributed by atoms with Crippen molar-refractivity contribution in [1.82, 2.24) is 10.2 Å². The Labute approximate surface area is 128 Å². The number of benzene rings is 1. The zero-order chi connectivity index (χ0) is 15.1. The average Bonchev–Trinajstić information content (AvgIpc) is 2.69. The van der Waals surface area contributed by atoms with Crippen LogP contribution in [-0.2, 0) is 4.79 Å². The molecule has 1 aromatic rings. The van der Waals surface area contributed by atoms with E-state index in [2.05, 4.69) is 41.4 Å². The van der Waals surface area contributed by atoms with Crippen LogP contribution in [0, 0.1) is 5.92 Å². The average molecular weight is 288 g/mol. The Morgan fingerprint density at radius 2 is 2.05 bits per heavy atom. The van der Waals surface area contributed by atoms with Gasteiger partial charge in [-0.3, -0.25) is 4.79 Å². The van der Waals surface area contributed by atoms with E-state index < -0.39 is 0 Å². The zero-order valence-corrected chi connectivity index (χ0v) is 13.3. The van der Waals surface area contributed by atoms with Crippen molar-refractivity contribution in [2.75, 3.05) is 20.1 Å². The quantitative estimate of drug-likeness (QED) is 0.870. The summed E-state index contributed by atoms with van der Waals surface area (Å²) in [6.07, 6.45) is 5.43. The Bertz CT molecular complexity index is 432. The van der Waals surface area contributed by atoms with Crippen LogP contribution in [0.5, 0.6) is 0 Å². The Kier molecular flexibility index (Phi) is 6.24. The second kappa shape index (κ2) is 8.18. The van der Waals surface area contributed by atoms with E-state index in [0.29, 0.717) is 5.91 Å². The van der Waals surface area contributed by atoms with Crippen LogP contribution >= 0.6 is 0 Å². The topological polar surface area (TPSA) is 32.3 Å². The number of amides is 1. The van der Waals surface area contributed by atoms with Crippen LogP contribution in [0.1, 0.15) is 50.6 Å². The number of hydrogen-bond donors (Lipinski definition) is 1. The molecule has 1 aliphatic rings. The third kappa shape index (κ3) is 4.57. The van der Waals surface area contributed by atoms with Gasteiger partial charge in [-0.15, -0.1) is 0 Å². The van der Waals surface area contributed by atoms with E-state index in [1.165, 1.54) is 18.4 Å². The number of likely N-dealkylation sites (tertiary alicyclic amines) is 1. The van der Waals surface area contributed by atoms with E-state index in [9.17, 15) is 4.79 Å². The molecule has 0 spiro atoms. The van der Waals surface area contributed by atoms with Crippen LogP contribution in [-0.4, -0.2) is 30.9 Å². The first-order valence-electron chi connectivity index (χ1n) is 8.24.